The molecule has 0 aliphatic heterocycles. The van der Waals surface area contributed by atoms with E-state index in [1.165, 1.54) is 16.3 Å². The highest BCUT2D eigenvalue weighted by molar-refractivity contribution is 5.82. The zero-order chi connectivity index (χ0) is 11.2. The molecule has 1 heteroatoms. The summed E-state index contributed by atoms with van der Waals surface area (Å²) >= 11 is 0. The first kappa shape index (κ1) is 11.2. The van der Waals surface area contributed by atoms with Gasteiger partial charge in [0.1, 0.15) is 0 Å². The van der Waals surface area contributed by atoms with Crippen molar-refractivity contribution < 1.29 is 4.74 Å². The lowest BCUT2D eigenvalue weighted by Gasteiger charge is -2.05. The van der Waals surface area contributed by atoms with Crippen molar-refractivity contribution in [3.63, 3.8) is 0 Å². The van der Waals surface area contributed by atoms with Crippen molar-refractivity contribution >= 4 is 10.8 Å². The first-order valence-corrected chi connectivity index (χ1v) is 5.75. The van der Waals surface area contributed by atoms with Gasteiger partial charge in [0, 0.05) is 6.61 Å². The highest BCUT2D eigenvalue weighted by Gasteiger charge is 1.96. The molecule has 0 aromatic heterocycles. The van der Waals surface area contributed by atoms with Gasteiger partial charge in [0.2, 0.25) is 0 Å². The normalized spacial score (nSPS) is 10.8. The zero-order valence-electron chi connectivity index (χ0n) is 9.49. The van der Waals surface area contributed by atoms with Gasteiger partial charge < -0.3 is 4.74 Å². The molecule has 0 heterocycles. The van der Waals surface area contributed by atoms with Crippen molar-refractivity contribution in [2.75, 3.05) is 6.61 Å². The Bertz CT molecular complexity index is 448. The van der Waals surface area contributed by atoms with Crippen molar-refractivity contribution in [3.8, 4) is 0 Å². The molecule has 0 fully saturated rings. The van der Waals surface area contributed by atoms with Crippen molar-refractivity contribution in [2.45, 2.75) is 19.4 Å². The molecule has 2 rings (SSSR count). The first-order valence-electron chi connectivity index (χ1n) is 5.75. The summed E-state index contributed by atoms with van der Waals surface area (Å²) in [7, 11) is 0. The molecule has 0 saturated heterocycles. The van der Waals surface area contributed by atoms with Crippen LogP contribution in [-0.2, 0) is 11.3 Å². The molecule has 0 aliphatic carbocycles. The summed E-state index contributed by atoms with van der Waals surface area (Å²) in [5.74, 6) is 0. The molecular weight excluding hydrogens is 196 g/mol. The van der Waals surface area contributed by atoms with Gasteiger partial charge in [-0.3, -0.25) is 0 Å². The number of hydrogen-bond acceptors (Lipinski definition) is 1. The monoisotopic (exact) mass is 213 g/mol. The van der Waals surface area contributed by atoms with Gasteiger partial charge in [-0.25, -0.2) is 0 Å². The maximum Gasteiger partial charge on any atom is 0.0717 e. The number of benzene rings is 2. The minimum Gasteiger partial charge on any atom is -0.377 e. The van der Waals surface area contributed by atoms with E-state index in [0.29, 0.717) is 6.61 Å². The summed E-state index contributed by atoms with van der Waals surface area (Å²) in [5.41, 5.74) is 1.24. The van der Waals surface area contributed by atoms with Crippen LogP contribution in [0.4, 0.5) is 0 Å². The minimum atomic E-state index is 0.699. The molecule has 1 nitrogen and oxygen atoms in total. The molecule has 0 N–H and O–H groups in total. The Balaban J connectivity index is 2.02. The summed E-state index contributed by atoms with van der Waals surface area (Å²) in [4.78, 5) is 0. The molecule has 0 bridgehead atoms. The molecular formula is C15H17O. The molecule has 0 spiro atoms. The number of ether oxygens (including phenoxy) is 1. The second-order valence-corrected chi connectivity index (χ2v) is 3.94. The van der Waals surface area contributed by atoms with Gasteiger partial charge >= 0.3 is 0 Å². The molecule has 16 heavy (non-hydrogen) atoms. The van der Waals surface area contributed by atoms with Crippen LogP contribution in [0.3, 0.4) is 0 Å². The zero-order valence-corrected chi connectivity index (χ0v) is 9.49. The maximum absolute atomic E-state index is 5.57. The standard InChI is InChI=1S/C15H17O/c1-2-3-10-16-12-13-8-9-14-6-4-5-7-15(14)11-13/h4-9,11H,1-3,10,12H2. The molecule has 0 atom stereocenters. The largest absolute Gasteiger partial charge is 0.377 e. The van der Waals surface area contributed by atoms with E-state index in [4.69, 9.17) is 4.74 Å². The number of unbranched alkanes of at least 4 members (excludes halogenated alkanes) is 1. The summed E-state index contributed by atoms with van der Waals surface area (Å²) in [5, 5.41) is 2.56. The Kier molecular flexibility index (Phi) is 3.95. The average Bonchev–Trinajstić information content (AvgIpc) is 2.34. The van der Waals surface area contributed by atoms with Crippen molar-refractivity contribution in [1.29, 1.82) is 0 Å². The van der Waals surface area contributed by atoms with Crippen molar-refractivity contribution in [1.82, 2.24) is 0 Å². The Labute approximate surface area is 97.1 Å². The number of fused-ring (bicyclic) bond motifs is 1. The smallest absolute Gasteiger partial charge is 0.0717 e. The van der Waals surface area contributed by atoms with E-state index in [2.05, 4.69) is 49.4 Å². The van der Waals surface area contributed by atoms with Gasteiger partial charge in [-0.05, 0) is 28.8 Å². The lowest BCUT2D eigenvalue weighted by molar-refractivity contribution is 0.119. The van der Waals surface area contributed by atoms with E-state index in [1.807, 2.05) is 0 Å². The van der Waals surface area contributed by atoms with Gasteiger partial charge in [0.25, 0.3) is 0 Å². The van der Waals surface area contributed by atoms with Crippen LogP contribution < -0.4 is 0 Å². The highest BCUT2D eigenvalue weighted by atomic mass is 16.5. The lowest BCUT2D eigenvalue weighted by Crippen LogP contribution is -1.94. The molecule has 2 aromatic carbocycles. The summed E-state index contributed by atoms with van der Waals surface area (Å²) in [6, 6.07) is 14.9. The fourth-order valence-electron chi connectivity index (χ4n) is 1.72. The highest BCUT2D eigenvalue weighted by Crippen LogP contribution is 2.16. The van der Waals surface area contributed by atoms with Gasteiger partial charge in [-0.15, -0.1) is 0 Å². The molecule has 0 amide bonds. The fraction of sp³-hybridized carbons (Fsp3) is 0.267. The third-order valence-corrected chi connectivity index (χ3v) is 2.62. The van der Waals surface area contributed by atoms with Gasteiger partial charge in [-0.2, -0.15) is 0 Å². The Morgan fingerprint density at radius 3 is 2.62 bits per heavy atom. The van der Waals surface area contributed by atoms with Crippen LogP contribution >= 0.6 is 0 Å². The van der Waals surface area contributed by atoms with Crippen molar-refractivity contribution in [3.05, 3.63) is 55.0 Å². The van der Waals surface area contributed by atoms with E-state index in [0.717, 1.165) is 19.4 Å². The molecule has 0 aliphatic rings. The summed E-state index contributed by atoms with van der Waals surface area (Å²) in [6.07, 6.45) is 1.98. The van der Waals surface area contributed by atoms with Crippen LogP contribution in [0.25, 0.3) is 10.8 Å². The van der Waals surface area contributed by atoms with E-state index in [-0.39, 0.29) is 0 Å². The van der Waals surface area contributed by atoms with E-state index in [9.17, 15) is 0 Å². The van der Waals surface area contributed by atoms with Gasteiger partial charge in [0.05, 0.1) is 6.61 Å². The Hall–Kier alpha value is -1.34. The molecule has 0 saturated carbocycles. The van der Waals surface area contributed by atoms with Crippen molar-refractivity contribution in [2.24, 2.45) is 0 Å². The van der Waals surface area contributed by atoms with E-state index < -0.39 is 0 Å². The van der Waals surface area contributed by atoms with Crippen LogP contribution in [0, 0.1) is 6.92 Å². The van der Waals surface area contributed by atoms with E-state index in [1.54, 1.807) is 0 Å². The van der Waals surface area contributed by atoms with Gasteiger partial charge in [0.15, 0.2) is 0 Å². The number of hydrogen-bond donors (Lipinski definition) is 0. The fourth-order valence-corrected chi connectivity index (χ4v) is 1.72. The van der Waals surface area contributed by atoms with Crippen LogP contribution in [-0.4, -0.2) is 6.61 Å². The van der Waals surface area contributed by atoms with Crippen LogP contribution in [0.5, 0.6) is 0 Å². The predicted molar refractivity (Wildman–Crippen MR) is 68.2 cm³/mol. The van der Waals surface area contributed by atoms with E-state index >= 15 is 0 Å². The molecule has 0 unspecified atom stereocenters. The molecule has 2 aromatic rings. The second kappa shape index (κ2) is 5.66. The van der Waals surface area contributed by atoms with Crippen LogP contribution in [0.1, 0.15) is 18.4 Å². The third-order valence-electron chi connectivity index (χ3n) is 2.62. The minimum absolute atomic E-state index is 0.699. The average molecular weight is 213 g/mol. The second-order valence-electron chi connectivity index (χ2n) is 3.94. The maximum atomic E-state index is 5.57. The lowest BCUT2D eigenvalue weighted by atomic mass is 10.1. The molecule has 83 valence electrons. The van der Waals surface area contributed by atoms with Crippen LogP contribution in [0.15, 0.2) is 42.5 Å². The number of rotatable bonds is 5. The van der Waals surface area contributed by atoms with Crippen LogP contribution in [0.2, 0.25) is 0 Å². The summed E-state index contributed by atoms with van der Waals surface area (Å²) in [6.45, 7) is 5.29. The summed E-state index contributed by atoms with van der Waals surface area (Å²) < 4.78 is 5.57. The quantitative estimate of drug-likeness (QED) is 0.683. The molecule has 1 radical (unpaired) electrons. The predicted octanol–water partition coefficient (Wildman–Crippen LogP) is 3.97. The van der Waals surface area contributed by atoms with Gasteiger partial charge in [-0.1, -0.05) is 49.7 Å². The Morgan fingerprint density at radius 1 is 1.00 bits per heavy atom. The topological polar surface area (TPSA) is 9.23 Å². The SMILES string of the molecule is [CH2]CCCOCc1ccc2ccccc2c1. The first-order chi connectivity index (χ1) is 7.90. The third kappa shape index (κ3) is 2.83. The Morgan fingerprint density at radius 2 is 1.81 bits per heavy atom.